The summed E-state index contributed by atoms with van der Waals surface area (Å²) in [5, 5.41) is 2.61. The van der Waals surface area contributed by atoms with Gasteiger partial charge in [-0.2, -0.15) is 0 Å². The fourth-order valence-electron chi connectivity index (χ4n) is 0.762. The van der Waals surface area contributed by atoms with Gasteiger partial charge < -0.3 is 14.8 Å². The lowest BCUT2D eigenvalue weighted by Gasteiger charge is -2.19. The van der Waals surface area contributed by atoms with Crippen molar-refractivity contribution in [3.63, 3.8) is 0 Å². The van der Waals surface area contributed by atoms with Gasteiger partial charge in [-0.1, -0.05) is 0 Å². The molecule has 0 bridgehead atoms. The van der Waals surface area contributed by atoms with Crippen molar-refractivity contribution in [1.82, 2.24) is 5.32 Å². The van der Waals surface area contributed by atoms with Crippen molar-refractivity contribution >= 4 is 6.09 Å². The minimum Gasteiger partial charge on any atom is -0.444 e. The predicted molar refractivity (Wildman–Crippen MR) is 55.3 cm³/mol. The molecule has 0 aliphatic rings. The standard InChI is InChI=1S/C10H21NO3/c1-8(2)13-7-6-11-9(12)14-10(3,4)5/h8H,6-7H2,1-5H3,(H,11,12). The van der Waals surface area contributed by atoms with E-state index in [2.05, 4.69) is 5.32 Å². The molecular formula is C10H21NO3. The van der Waals surface area contributed by atoms with Crippen LogP contribution in [-0.4, -0.2) is 30.9 Å². The number of amides is 1. The summed E-state index contributed by atoms with van der Waals surface area (Å²) in [6.45, 7) is 10.4. The Kier molecular flexibility index (Phi) is 5.53. The zero-order valence-electron chi connectivity index (χ0n) is 9.72. The van der Waals surface area contributed by atoms with Crippen molar-refractivity contribution < 1.29 is 14.3 Å². The van der Waals surface area contributed by atoms with Crippen LogP contribution in [0.1, 0.15) is 34.6 Å². The highest BCUT2D eigenvalue weighted by atomic mass is 16.6. The van der Waals surface area contributed by atoms with E-state index in [-0.39, 0.29) is 6.10 Å². The third-order valence-electron chi connectivity index (χ3n) is 1.22. The minimum absolute atomic E-state index is 0.190. The topological polar surface area (TPSA) is 47.6 Å². The molecule has 4 heteroatoms. The molecule has 84 valence electrons. The van der Waals surface area contributed by atoms with Gasteiger partial charge in [-0.25, -0.2) is 4.79 Å². The van der Waals surface area contributed by atoms with Crippen molar-refractivity contribution in [2.24, 2.45) is 0 Å². The van der Waals surface area contributed by atoms with E-state index in [1.54, 1.807) is 0 Å². The molecule has 0 aliphatic heterocycles. The van der Waals surface area contributed by atoms with Crippen LogP contribution >= 0.6 is 0 Å². The third-order valence-corrected chi connectivity index (χ3v) is 1.22. The lowest BCUT2D eigenvalue weighted by molar-refractivity contribution is 0.0458. The highest BCUT2D eigenvalue weighted by Crippen LogP contribution is 2.05. The molecule has 0 saturated heterocycles. The zero-order chi connectivity index (χ0) is 11.2. The van der Waals surface area contributed by atoms with E-state index in [1.165, 1.54) is 0 Å². The Morgan fingerprint density at radius 1 is 1.36 bits per heavy atom. The summed E-state index contributed by atoms with van der Waals surface area (Å²) in [4.78, 5) is 11.1. The molecule has 0 fully saturated rings. The first-order valence-corrected chi connectivity index (χ1v) is 4.90. The Bertz CT molecular complexity index is 173. The van der Waals surface area contributed by atoms with Gasteiger partial charge in [-0.05, 0) is 34.6 Å². The fourth-order valence-corrected chi connectivity index (χ4v) is 0.762. The van der Waals surface area contributed by atoms with Gasteiger partial charge in [-0.15, -0.1) is 0 Å². The number of ether oxygens (including phenoxy) is 2. The second-order valence-corrected chi connectivity index (χ2v) is 4.35. The van der Waals surface area contributed by atoms with E-state index in [0.29, 0.717) is 13.2 Å². The molecule has 0 aliphatic carbocycles. The molecule has 0 rings (SSSR count). The summed E-state index contributed by atoms with van der Waals surface area (Å²) in [5.41, 5.74) is -0.441. The third kappa shape index (κ3) is 9.32. The van der Waals surface area contributed by atoms with Gasteiger partial charge in [0.05, 0.1) is 12.7 Å². The van der Waals surface area contributed by atoms with Crippen LogP contribution in [0.25, 0.3) is 0 Å². The molecule has 0 aromatic carbocycles. The molecule has 14 heavy (non-hydrogen) atoms. The molecule has 0 aromatic heterocycles. The summed E-state index contributed by atoms with van der Waals surface area (Å²) < 4.78 is 10.3. The molecule has 0 saturated carbocycles. The maximum Gasteiger partial charge on any atom is 0.407 e. The largest absolute Gasteiger partial charge is 0.444 e. The average Bonchev–Trinajstić information content (AvgIpc) is 1.94. The molecule has 0 aromatic rings. The van der Waals surface area contributed by atoms with E-state index in [9.17, 15) is 4.79 Å². The van der Waals surface area contributed by atoms with Gasteiger partial charge in [0.2, 0.25) is 0 Å². The smallest absolute Gasteiger partial charge is 0.407 e. The van der Waals surface area contributed by atoms with Crippen LogP contribution in [0.2, 0.25) is 0 Å². The normalized spacial score (nSPS) is 11.6. The van der Waals surface area contributed by atoms with E-state index in [0.717, 1.165) is 0 Å². The van der Waals surface area contributed by atoms with Crippen LogP contribution < -0.4 is 5.32 Å². The second-order valence-electron chi connectivity index (χ2n) is 4.35. The number of carbonyl (C=O) groups is 1. The first-order valence-electron chi connectivity index (χ1n) is 4.90. The summed E-state index contributed by atoms with van der Waals surface area (Å²) in [6.07, 6.45) is -0.208. The first-order chi connectivity index (χ1) is 6.31. The maximum absolute atomic E-state index is 11.1. The lowest BCUT2D eigenvalue weighted by atomic mass is 10.2. The van der Waals surface area contributed by atoms with Crippen LogP contribution in [0.4, 0.5) is 4.79 Å². The fraction of sp³-hybridized carbons (Fsp3) is 0.900. The maximum atomic E-state index is 11.1. The zero-order valence-corrected chi connectivity index (χ0v) is 9.72. The Balaban J connectivity index is 3.46. The van der Waals surface area contributed by atoms with Crippen molar-refractivity contribution in [3.8, 4) is 0 Å². The van der Waals surface area contributed by atoms with E-state index in [4.69, 9.17) is 9.47 Å². The highest BCUT2D eigenvalue weighted by molar-refractivity contribution is 5.67. The van der Waals surface area contributed by atoms with Gasteiger partial charge in [0.1, 0.15) is 5.60 Å². The van der Waals surface area contributed by atoms with E-state index in [1.807, 2.05) is 34.6 Å². The van der Waals surface area contributed by atoms with Gasteiger partial charge in [0.25, 0.3) is 0 Å². The van der Waals surface area contributed by atoms with Gasteiger partial charge in [-0.3, -0.25) is 0 Å². The Morgan fingerprint density at radius 3 is 2.36 bits per heavy atom. The molecule has 0 spiro atoms. The average molecular weight is 203 g/mol. The molecule has 0 heterocycles. The lowest BCUT2D eigenvalue weighted by Crippen LogP contribution is -2.34. The number of carbonyl (C=O) groups excluding carboxylic acids is 1. The Morgan fingerprint density at radius 2 is 1.93 bits per heavy atom. The van der Waals surface area contributed by atoms with Gasteiger partial charge >= 0.3 is 6.09 Å². The number of rotatable bonds is 4. The minimum atomic E-state index is -0.441. The number of hydrogen-bond acceptors (Lipinski definition) is 3. The summed E-state index contributed by atoms with van der Waals surface area (Å²) in [7, 11) is 0. The van der Waals surface area contributed by atoms with Crippen LogP contribution in [0.15, 0.2) is 0 Å². The quantitative estimate of drug-likeness (QED) is 0.710. The van der Waals surface area contributed by atoms with Crippen molar-refractivity contribution in [1.29, 1.82) is 0 Å². The van der Waals surface area contributed by atoms with Gasteiger partial charge in [0, 0.05) is 6.54 Å². The molecule has 0 unspecified atom stereocenters. The molecule has 0 radical (unpaired) electrons. The first kappa shape index (κ1) is 13.2. The summed E-state index contributed by atoms with van der Waals surface area (Å²) in [6, 6.07) is 0. The Labute approximate surface area is 86.0 Å². The molecule has 4 nitrogen and oxygen atoms in total. The summed E-state index contributed by atoms with van der Waals surface area (Å²) in [5.74, 6) is 0. The van der Waals surface area contributed by atoms with Crippen LogP contribution in [0.5, 0.6) is 0 Å². The van der Waals surface area contributed by atoms with E-state index < -0.39 is 11.7 Å². The molecule has 1 N–H and O–H groups in total. The second kappa shape index (κ2) is 5.86. The van der Waals surface area contributed by atoms with Gasteiger partial charge in [0.15, 0.2) is 0 Å². The number of alkyl carbamates (subject to hydrolysis) is 1. The van der Waals surface area contributed by atoms with Crippen LogP contribution in [0, 0.1) is 0 Å². The monoisotopic (exact) mass is 203 g/mol. The molecular weight excluding hydrogens is 182 g/mol. The van der Waals surface area contributed by atoms with Crippen molar-refractivity contribution in [3.05, 3.63) is 0 Å². The SMILES string of the molecule is CC(C)OCCNC(=O)OC(C)(C)C. The Hall–Kier alpha value is -0.770. The predicted octanol–water partition coefficient (Wildman–Crippen LogP) is 1.94. The van der Waals surface area contributed by atoms with Crippen molar-refractivity contribution in [2.45, 2.75) is 46.3 Å². The highest BCUT2D eigenvalue weighted by Gasteiger charge is 2.15. The number of nitrogens with one attached hydrogen (secondary N) is 1. The molecule has 0 atom stereocenters. The number of hydrogen-bond donors (Lipinski definition) is 1. The summed E-state index contributed by atoms with van der Waals surface area (Å²) >= 11 is 0. The van der Waals surface area contributed by atoms with Crippen LogP contribution in [-0.2, 0) is 9.47 Å². The van der Waals surface area contributed by atoms with Crippen molar-refractivity contribution in [2.75, 3.05) is 13.2 Å². The van der Waals surface area contributed by atoms with E-state index >= 15 is 0 Å². The molecule has 1 amide bonds. The van der Waals surface area contributed by atoms with Crippen LogP contribution in [0.3, 0.4) is 0 Å².